The number of hydrogen-bond donors (Lipinski definition) is 0. The molecule has 0 unspecified atom stereocenters. The maximum Gasteiger partial charge on any atom is 0.0714 e. The number of para-hydroxylation sites is 1. The van der Waals surface area contributed by atoms with Gasteiger partial charge in [-0.15, -0.1) is 0 Å². The zero-order valence-electron chi connectivity index (χ0n) is 34.3. The van der Waals surface area contributed by atoms with Crippen LogP contribution >= 0.6 is 0 Å². The molecule has 0 spiro atoms. The third-order valence-corrected chi connectivity index (χ3v) is 12.5. The number of fused-ring (bicyclic) bond motifs is 3. The Balaban J connectivity index is 1.18. The number of rotatable bonds is 9. The second-order valence-corrected chi connectivity index (χ2v) is 16.0. The Hall–Kier alpha value is -8.00. The van der Waals surface area contributed by atoms with Crippen LogP contribution in [0.25, 0.3) is 55.6 Å². The molecule has 62 heavy (non-hydrogen) atoms. The van der Waals surface area contributed by atoms with E-state index in [0.717, 1.165) is 22.6 Å². The zero-order chi connectivity index (χ0) is 41.3. The summed E-state index contributed by atoms with van der Waals surface area (Å²) in [5, 5.41) is 0. The van der Waals surface area contributed by atoms with E-state index in [2.05, 4.69) is 266 Å². The Morgan fingerprint density at radius 2 is 0.694 bits per heavy atom. The summed E-state index contributed by atoms with van der Waals surface area (Å²) in [6.07, 6.45) is 0. The van der Waals surface area contributed by atoms with Crippen LogP contribution in [-0.4, -0.2) is 0 Å². The van der Waals surface area contributed by atoms with Crippen LogP contribution in [0.15, 0.2) is 261 Å². The highest BCUT2D eigenvalue weighted by molar-refractivity contribution is 6.01. The molecule has 0 saturated heterocycles. The van der Waals surface area contributed by atoms with Crippen LogP contribution in [0.4, 0.5) is 17.1 Å². The second-order valence-electron chi connectivity index (χ2n) is 16.0. The van der Waals surface area contributed by atoms with Gasteiger partial charge in [0, 0.05) is 16.9 Å². The van der Waals surface area contributed by atoms with Gasteiger partial charge in [0.1, 0.15) is 0 Å². The highest BCUT2D eigenvalue weighted by atomic mass is 15.1. The van der Waals surface area contributed by atoms with E-state index in [1.54, 1.807) is 0 Å². The van der Waals surface area contributed by atoms with Gasteiger partial charge >= 0.3 is 0 Å². The molecule has 0 atom stereocenters. The predicted octanol–water partition coefficient (Wildman–Crippen LogP) is 16.2. The first kappa shape index (κ1) is 37.0. The summed E-state index contributed by atoms with van der Waals surface area (Å²) in [6, 6.07) is 95.3. The third-order valence-electron chi connectivity index (χ3n) is 12.5. The second kappa shape index (κ2) is 15.9. The van der Waals surface area contributed by atoms with E-state index in [1.165, 1.54) is 72.3 Å². The minimum atomic E-state index is -0.510. The highest BCUT2D eigenvalue weighted by Crippen LogP contribution is 2.59. The molecule has 0 heterocycles. The van der Waals surface area contributed by atoms with E-state index in [1.807, 2.05) is 0 Å². The van der Waals surface area contributed by atoms with Gasteiger partial charge in [0.25, 0.3) is 0 Å². The highest BCUT2D eigenvalue weighted by Gasteiger charge is 2.47. The molecule has 11 rings (SSSR count). The van der Waals surface area contributed by atoms with Crippen LogP contribution in [0.5, 0.6) is 0 Å². The summed E-state index contributed by atoms with van der Waals surface area (Å²) in [5.41, 5.74) is 19.9. The summed E-state index contributed by atoms with van der Waals surface area (Å²) < 4.78 is 0. The third kappa shape index (κ3) is 6.26. The maximum atomic E-state index is 2.47. The van der Waals surface area contributed by atoms with Crippen molar-refractivity contribution in [2.24, 2.45) is 0 Å². The average molecular weight is 790 g/mol. The van der Waals surface area contributed by atoms with Crippen molar-refractivity contribution in [3.05, 3.63) is 283 Å². The first-order chi connectivity index (χ1) is 30.8. The number of hydrogen-bond acceptors (Lipinski definition) is 1. The molecule has 0 aliphatic heterocycles. The lowest BCUT2D eigenvalue weighted by molar-refractivity contribution is 0.768. The standard InChI is InChI=1S/C61H43N/c1-7-23-44(24-8-1)48-42-54(45-25-9-2-10-26-45)59(55(43-48)46-27-11-3-12-28-46)47-29-21-36-52(41-47)62(51-34-17-6-18-35-51)58-40-22-39-57-60(58)53-37-19-20-38-56(53)61(57,49-30-13-4-14-31-49)50-32-15-5-16-33-50/h1-43H. The van der Waals surface area contributed by atoms with E-state index < -0.39 is 5.41 Å². The van der Waals surface area contributed by atoms with Crippen molar-refractivity contribution in [1.82, 2.24) is 0 Å². The zero-order valence-corrected chi connectivity index (χ0v) is 34.3. The summed E-state index contributed by atoms with van der Waals surface area (Å²) in [4.78, 5) is 2.47. The summed E-state index contributed by atoms with van der Waals surface area (Å²) in [6.45, 7) is 0. The Labute approximate surface area is 364 Å². The molecule has 1 aliphatic rings. The number of benzene rings is 10. The van der Waals surface area contributed by atoms with Crippen LogP contribution in [-0.2, 0) is 5.41 Å². The van der Waals surface area contributed by atoms with Gasteiger partial charge in [-0.25, -0.2) is 0 Å². The molecule has 10 aromatic carbocycles. The van der Waals surface area contributed by atoms with Crippen molar-refractivity contribution < 1.29 is 0 Å². The van der Waals surface area contributed by atoms with Gasteiger partial charge in [0.15, 0.2) is 0 Å². The summed E-state index contributed by atoms with van der Waals surface area (Å²) in [5.74, 6) is 0. The molecule has 10 aromatic rings. The van der Waals surface area contributed by atoms with Crippen LogP contribution in [0.1, 0.15) is 22.3 Å². The van der Waals surface area contributed by atoms with E-state index in [0.29, 0.717) is 0 Å². The van der Waals surface area contributed by atoms with Crippen molar-refractivity contribution in [3.8, 4) is 55.6 Å². The van der Waals surface area contributed by atoms with Crippen LogP contribution < -0.4 is 4.90 Å². The molecule has 1 aliphatic carbocycles. The van der Waals surface area contributed by atoms with Gasteiger partial charge in [-0.3, -0.25) is 0 Å². The lowest BCUT2D eigenvalue weighted by atomic mass is 9.68. The van der Waals surface area contributed by atoms with Gasteiger partial charge < -0.3 is 4.90 Å². The predicted molar refractivity (Wildman–Crippen MR) is 260 cm³/mol. The quantitative estimate of drug-likeness (QED) is 0.141. The van der Waals surface area contributed by atoms with E-state index in [-0.39, 0.29) is 0 Å². The monoisotopic (exact) mass is 789 g/mol. The van der Waals surface area contributed by atoms with Gasteiger partial charge in [-0.1, -0.05) is 218 Å². The van der Waals surface area contributed by atoms with Crippen molar-refractivity contribution in [2.45, 2.75) is 5.41 Å². The molecule has 0 amide bonds. The molecule has 0 fully saturated rings. The lowest BCUT2D eigenvalue weighted by Crippen LogP contribution is -2.28. The fourth-order valence-electron chi connectivity index (χ4n) is 9.91. The molecular formula is C61H43N. The van der Waals surface area contributed by atoms with Gasteiger partial charge in [0.05, 0.1) is 11.1 Å². The van der Waals surface area contributed by atoms with Crippen molar-refractivity contribution in [3.63, 3.8) is 0 Å². The minimum absolute atomic E-state index is 0.510. The molecule has 0 aromatic heterocycles. The smallest absolute Gasteiger partial charge is 0.0714 e. The molecule has 0 N–H and O–H groups in total. The van der Waals surface area contributed by atoms with Crippen LogP contribution in [0.2, 0.25) is 0 Å². The van der Waals surface area contributed by atoms with E-state index >= 15 is 0 Å². The Bertz CT molecular complexity index is 3040. The molecule has 0 saturated carbocycles. The van der Waals surface area contributed by atoms with Gasteiger partial charge in [-0.05, 0) is 115 Å². The van der Waals surface area contributed by atoms with E-state index in [4.69, 9.17) is 0 Å². The normalized spacial score (nSPS) is 12.3. The molecule has 0 radical (unpaired) electrons. The summed E-state index contributed by atoms with van der Waals surface area (Å²) in [7, 11) is 0. The van der Waals surface area contributed by atoms with Crippen molar-refractivity contribution in [2.75, 3.05) is 4.90 Å². The number of nitrogens with zero attached hydrogens (tertiary/aromatic N) is 1. The fraction of sp³-hybridized carbons (Fsp3) is 0.0164. The molecular weight excluding hydrogens is 747 g/mol. The fourth-order valence-corrected chi connectivity index (χ4v) is 9.91. The van der Waals surface area contributed by atoms with Crippen molar-refractivity contribution in [1.29, 1.82) is 0 Å². The van der Waals surface area contributed by atoms with Crippen LogP contribution in [0, 0.1) is 0 Å². The topological polar surface area (TPSA) is 3.24 Å². The van der Waals surface area contributed by atoms with E-state index in [9.17, 15) is 0 Å². The molecule has 0 bridgehead atoms. The SMILES string of the molecule is c1ccc(-c2cc(-c3ccccc3)c(-c3cccc(N(c4ccccc4)c4cccc5c4-c4ccccc4C5(c4ccccc4)c4ccccc4)c3)c(-c3ccccc3)c2)cc1. The first-order valence-corrected chi connectivity index (χ1v) is 21.4. The molecule has 1 heteroatoms. The van der Waals surface area contributed by atoms with Crippen LogP contribution in [0.3, 0.4) is 0 Å². The minimum Gasteiger partial charge on any atom is -0.310 e. The Kier molecular flexibility index (Phi) is 9.48. The van der Waals surface area contributed by atoms with Gasteiger partial charge in [0.2, 0.25) is 0 Å². The van der Waals surface area contributed by atoms with Gasteiger partial charge in [-0.2, -0.15) is 0 Å². The largest absolute Gasteiger partial charge is 0.310 e. The van der Waals surface area contributed by atoms with Crippen molar-refractivity contribution >= 4 is 17.1 Å². The maximum absolute atomic E-state index is 2.47. The molecule has 292 valence electrons. The lowest BCUT2D eigenvalue weighted by Gasteiger charge is -2.34. The number of anilines is 3. The average Bonchev–Trinajstić information content (AvgIpc) is 3.67. The summed E-state index contributed by atoms with van der Waals surface area (Å²) >= 11 is 0. The Morgan fingerprint density at radius 3 is 1.27 bits per heavy atom. The Morgan fingerprint density at radius 1 is 0.258 bits per heavy atom. The first-order valence-electron chi connectivity index (χ1n) is 21.4. The molecule has 1 nitrogen and oxygen atoms in total.